The first-order valence-electron chi connectivity index (χ1n) is 4.08. The standard InChI is InChI=1S/C9H13N3O2/c1-14-8-4-2-3-7(5-8)6-12(11)9(10)13/h2-5H,6,11H2,1H3,(H2,10,13). The topological polar surface area (TPSA) is 81.6 Å². The summed E-state index contributed by atoms with van der Waals surface area (Å²) in [4.78, 5) is 10.7. The Balaban J connectivity index is 2.71. The Kier molecular flexibility index (Phi) is 3.30. The maximum absolute atomic E-state index is 10.7. The number of amides is 2. The molecule has 4 N–H and O–H groups in total. The zero-order valence-corrected chi connectivity index (χ0v) is 7.93. The van der Waals surface area contributed by atoms with E-state index in [1.165, 1.54) is 0 Å². The van der Waals surface area contributed by atoms with Crippen LogP contribution < -0.4 is 16.3 Å². The molecule has 0 heterocycles. The monoisotopic (exact) mass is 195 g/mol. The van der Waals surface area contributed by atoms with Crippen molar-refractivity contribution in [2.45, 2.75) is 6.54 Å². The van der Waals surface area contributed by atoms with E-state index < -0.39 is 6.03 Å². The molecule has 0 fully saturated rings. The highest BCUT2D eigenvalue weighted by Gasteiger charge is 2.04. The van der Waals surface area contributed by atoms with Crippen molar-refractivity contribution < 1.29 is 9.53 Å². The minimum absolute atomic E-state index is 0.270. The van der Waals surface area contributed by atoms with Gasteiger partial charge in [0.1, 0.15) is 5.75 Å². The maximum Gasteiger partial charge on any atom is 0.329 e. The Morgan fingerprint density at radius 1 is 1.57 bits per heavy atom. The molecule has 1 rings (SSSR count). The fourth-order valence-corrected chi connectivity index (χ4v) is 1.05. The average Bonchev–Trinajstić information content (AvgIpc) is 2.18. The lowest BCUT2D eigenvalue weighted by Gasteiger charge is -2.13. The second-order valence-corrected chi connectivity index (χ2v) is 2.82. The molecule has 5 heteroatoms. The second-order valence-electron chi connectivity index (χ2n) is 2.82. The third-order valence-corrected chi connectivity index (χ3v) is 1.77. The SMILES string of the molecule is COc1cccc(CN(N)C(N)=O)c1. The van der Waals surface area contributed by atoms with Crippen molar-refractivity contribution >= 4 is 6.03 Å². The summed E-state index contributed by atoms with van der Waals surface area (Å²) < 4.78 is 5.02. The van der Waals surface area contributed by atoms with Gasteiger partial charge in [0.05, 0.1) is 13.7 Å². The van der Waals surface area contributed by atoms with Gasteiger partial charge >= 0.3 is 6.03 Å². The Bertz CT molecular complexity index is 328. The molecule has 1 aromatic rings. The van der Waals surface area contributed by atoms with E-state index in [1.54, 1.807) is 13.2 Å². The lowest BCUT2D eigenvalue weighted by molar-refractivity contribution is 0.206. The molecule has 0 aliphatic heterocycles. The normalized spacial score (nSPS) is 9.57. The fourth-order valence-electron chi connectivity index (χ4n) is 1.05. The van der Waals surface area contributed by atoms with Crippen molar-refractivity contribution in [2.24, 2.45) is 11.6 Å². The van der Waals surface area contributed by atoms with Crippen LogP contribution in [0.25, 0.3) is 0 Å². The number of methoxy groups -OCH3 is 1. The summed E-state index contributed by atoms with van der Waals surface area (Å²) in [5, 5.41) is 0.939. The summed E-state index contributed by atoms with van der Waals surface area (Å²) in [7, 11) is 1.58. The van der Waals surface area contributed by atoms with Crippen LogP contribution in [0.4, 0.5) is 4.79 Å². The quantitative estimate of drug-likeness (QED) is 0.417. The van der Waals surface area contributed by atoms with Crippen molar-refractivity contribution in [1.29, 1.82) is 0 Å². The third-order valence-electron chi connectivity index (χ3n) is 1.77. The Labute approximate surface area is 82.2 Å². The maximum atomic E-state index is 10.7. The average molecular weight is 195 g/mol. The molecule has 0 saturated carbocycles. The third kappa shape index (κ3) is 2.63. The molecule has 0 radical (unpaired) electrons. The van der Waals surface area contributed by atoms with Crippen LogP contribution >= 0.6 is 0 Å². The van der Waals surface area contributed by atoms with Gasteiger partial charge in [0.25, 0.3) is 0 Å². The van der Waals surface area contributed by atoms with E-state index in [0.29, 0.717) is 0 Å². The molecule has 0 bridgehead atoms. The van der Waals surface area contributed by atoms with Gasteiger partial charge in [0, 0.05) is 0 Å². The van der Waals surface area contributed by atoms with Crippen molar-refractivity contribution in [3.63, 3.8) is 0 Å². The van der Waals surface area contributed by atoms with E-state index >= 15 is 0 Å². The Morgan fingerprint density at radius 3 is 2.86 bits per heavy atom. The van der Waals surface area contributed by atoms with Gasteiger partial charge in [-0.3, -0.25) is 5.01 Å². The summed E-state index contributed by atoms with van der Waals surface area (Å²) in [5.41, 5.74) is 5.85. The van der Waals surface area contributed by atoms with E-state index in [0.717, 1.165) is 16.3 Å². The molecule has 0 atom stereocenters. The molecule has 0 unspecified atom stereocenters. The molecule has 0 aliphatic rings. The summed E-state index contributed by atoms with van der Waals surface area (Å²) in [5.74, 6) is 6.08. The number of carbonyl (C=O) groups excluding carboxylic acids is 1. The summed E-state index contributed by atoms with van der Waals surface area (Å²) in [6, 6.07) is 6.61. The lowest BCUT2D eigenvalue weighted by atomic mass is 10.2. The van der Waals surface area contributed by atoms with Crippen molar-refractivity contribution in [2.75, 3.05) is 7.11 Å². The van der Waals surface area contributed by atoms with E-state index in [1.807, 2.05) is 18.2 Å². The van der Waals surface area contributed by atoms with Crippen LogP contribution in [-0.4, -0.2) is 18.1 Å². The molecular weight excluding hydrogens is 182 g/mol. The van der Waals surface area contributed by atoms with E-state index in [-0.39, 0.29) is 6.54 Å². The molecule has 5 nitrogen and oxygen atoms in total. The lowest BCUT2D eigenvalue weighted by Crippen LogP contribution is -2.40. The number of hydrazine groups is 1. The second kappa shape index (κ2) is 4.48. The predicted molar refractivity (Wildman–Crippen MR) is 52.3 cm³/mol. The smallest absolute Gasteiger partial charge is 0.329 e. The van der Waals surface area contributed by atoms with Crippen molar-refractivity contribution in [3.8, 4) is 5.75 Å². The number of rotatable bonds is 3. The molecule has 0 saturated heterocycles. The first-order valence-corrected chi connectivity index (χ1v) is 4.08. The highest BCUT2D eigenvalue weighted by Crippen LogP contribution is 2.13. The molecular formula is C9H13N3O2. The van der Waals surface area contributed by atoms with Gasteiger partial charge in [-0.15, -0.1) is 0 Å². The number of nitrogens with zero attached hydrogens (tertiary/aromatic N) is 1. The number of hydrogen-bond acceptors (Lipinski definition) is 3. The van der Waals surface area contributed by atoms with E-state index in [2.05, 4.69) is 0 Å². The molecule has 2 amide bonds. The fraction of sp³-hybridized carbons (Fsp3) is 0.222. The van der Waals surface area contributed by atoms with E-state index in [9.17, 15) is 4.79 Å². The van der Waals surface area contributed by atoms with Crippen LogP contribution in [-0.2, 0) is 6.54 Å². The number of carbonyl (C=O) groups is 1. The first-order chi connectivity index (χ1) is 6.63. The van der Waals surface area contributed by atoms with Crippen LogP contribution in [0.2, 0.25) is 0 Å². The van der Waals surface area contributed by atoms with Gasteiger partial charge in [-0.1, -0.05) is 12.1 Å². The number of hydrogen-bond donors (Lipinski definition) is 2. The molecule has 14 heavy (non-hydrogen) atoms. The van der Waals surface area contributed by atoms with Crippen molar-refractivity contribution in [3.05, 3.63) is 29.8 Å². The van der Waals surface area contributed by atoms with Crippen LogP contribution in [0.3, 0.4) is 0 Å². The summed E-state index contributed by atoms with van der Waals surface area (Å²) in [6.07, 6.45) is 0. The van der Waals surface area contributed by atoms with Crippen LogP contribution in [0, 0.1) is 0 Å². The highest BCUT2D eigenvalue weighted by molar-refractivity contribution is 5.71. The predicted octanol–water partition coefficient (Wildman–Crippen LogP) is 0.450. The molecule has 0 aromatic heterocycles. The minimum atomic E-state index is -0.659. The first kappa shape index (κ1) is 10.3. The largest absolute Gasteiger partial charge is 0.497 e. The molecule has 0 aliphatic carbocycles. The molecule has 76 valence electrons. The Hall–Kier alpha value is -1.75. The summed E-state index contributed by atoms with van der Waals surface area (Å²) >= 11 is 0. The molecule has 0 spiro atoms. The van der Waals surface area contributed by atoms with Crippen LogP contribution in [0.15, 0.2) is 24.3 Å². The number of ether oxygens (including phenoxy) is 1. The molecule has 1 aromatic carbocycles. The van der Waals surface area contributed by atoms with Crippen LogP contribution in [0.5, 0.6) is 5.75 Å². The van der Waals surface area contributed by atoms with Gasteiger partial charge in [-0.25, -0.2) is 10.6 Å². The van der Waals surface area contributed by atoms with Gasteiger partial charge in [0.15, 0.2) is 0 Å². The van der Waals surface area contributed by atoms with Gasteiger partial charge in [-0.2, -0.15) is 0 Å². The van der Waals surface area contributed by atoms with Gasteiger partial charge < -0.3 is 10.5 Å². The zero-order chi connectivity index (χ0) is 10.6. The van der Waals surface area contributed by atoms with Gasteiger partial charge in [-0.05, 0) is 17.7 Å². The number of benzene rings is 1. The van der Waals surface area contributed by atoms with E-state index in [4.69, 9.17) is 16.3 Å². The minimum Gasteiger partial charge on any atom is -0.497 e. The van der Waals surface area contributed by atoms with Gasteiger partial charge in [0.2, 0.25) is 0 Å². The number of nitrogens with two attached hydrogens (primary N) is 2. The van der Waals surface area contributed by atoms with Crippen molar-refractivity contribution in [1.82, 2.24) is 5.01 Å². The number of urea groups is 1. The number of primary amides is 1. The van der Waals surface area contributed by atoms with Crippen LogP contribution in [0.1, 0.15) is 5.56 Å². The zero-order valence-electron chi connectivity index (χ0n) is 7.93. The summed E-state index contributed by atoms with van der Waals surface area (Å²) in [6.45, 7) is 0.270. The highest BCUT2D eigenvalue weighted by atomic mass is 16.5. The Morgan fingerprint density at radius 2 is 2.29 bits per heavy atom.